The second-order valence-corrected chi connectivity index (χ2v) is 25.9. The minimum Gasteiger partial charge on any atom is -0.479 e. The summed E-state index contributed by atoms with van der Waals surface area (Å²) in [6, 6.07) is 0. The molecule has 460 valence electrons. The molecule has 3 heterocycles. The highest BCUT2D eigenvalue weighted by molar-refractivity contribution is 5.89. The maximum Gasteiger partial charge on any atom is 0.335 e. The van der Waals surface area contributed by atoms with Gasteiger partial charge in [-0.05, 0) is 94.8 Å². The Labute approximate surface area is 471 Å². The van der Waals surface area contributed by atoms with E-state index in [9.17, 15) is 80.8 Å². The Balaban J connectivity index is 1.15. The molecule has 0 aromatic rings. The predicted molar refractivity (Wildman–Crippen MR) is 278 cm³/mol. The first kappa shape index (κ1) is 63.9. The highest BCUT2D eigenvalue weighted by Crippen LogP contribution is 2.76. The largest absolute Gasteiger partial charge is 0.479 e. The predicted octanol–water partition coefficient (Wildman–Crippen LogP) is -0.765. The number of ether oxygens (including phenoxy) is 8. The molecule has 0 aromatic carbocycles. The topological polar surface area (TPSA) is 388 Å². The molecule has 3 aliphatic heterocycles. The molecule has 4 saturated carbocycles. The van der Waals surface area contributed by atoms with Gasteiger partial charge in [0, 0.05) is 27.4 Å². The zero-order chi connectivity index (χ0) is 60.0. The van der Waals surface area contributed by atoms with Crippen molar-refractivity contribution < 1.29 is 119 Å². The summed E-state index contributed by atoms with van der Waals surface area (Å²) in [5, 5.41) is 146. The number of carbonyl (C=O) groups excluding carboxylic acids is 2. The van der Waals surface area contributed by atoms with Crippen LogP contribution in [-0.2, 0) is 52.3 Å². The molecular weight excluding hydrogens is 1070 g/mol. The van der Waals surface area contributed by atoms with Crippen molar-refractivity contribution in [2.75, 3.05) is 26.4 Å². The van der Waals surface area contributed by atoms with E-state index in [4.69, 9.17) is 37.9 Å². The van der Waals surface area contributed by atoms with Crippen LogP contribution < -0.4 is 0 Å². The lowest BCUT2D eigenvalue weighted by atomic mass is 9.32. The highest BCUT2D eigenvalue weighted by Gasteiger charge is 2.77. The number of aliphatic carboxylic acids is 1. The Bertz CT molecular complexity index is 2410. The van der Waals surface area contributed by atoms with Crippen molar-refractivity contribution in [3.8, 4) is 0 Å². The van der Waals surface area contributed by atoms with Crippen molar-refractivity contribution in [1.29, 1.82) is 0 Å². The van der Waals surface area contributed by atoms with Crippen LogP contribution >= 0.6 is 0 Å². The SMILES string of the molecule is C/C=C(/C)C(=O)O[C@H]1[C@H](OC(=O)/C(C)=C\C)[C@]2(CO)[C@H](O)[C@H](O)[C@]3(C)C(=CC[C@@H]4[C@@]5(C)CC[C@H](O[C@@H]6O[C@H](C(=O)O)[C@@H](O)[C@H](O[C@@H]7O[C@@H](CO)[C@H](O)[C@H]7O)[C@H]6O[C@@H]6O[C@H](CO)[C@@H](O)[C@H](O)[C@H]6O)[C@](C)(CO)[C@@H]5CC[C@]43C)[C@@H]2CC1(C)C. The first-order chi connectivity index (χ1) is 37.9. The van der Waals surface area contributed by atoms with Crippen LogP contribution in [0.25, 0.3) is 0 Å². The number of hydrogen-bond donors (Lipinski definition) is 13. The number of esters is 2. The summed E-state index contributed by atoms with van der Waals surface area (Å²) in [7, 11) is 0. The molecule has 0 bridgehead atoms. The normalized spacial score (nSPS) is 49.8. The molecule has 24 heteroatoms. The van der Waals surface area contributed by atoms with E-state index in [-0.39, 0.29) is 24.3 Å². The van der Waals surface area contributed by atoms with Gasteiger partial charge in [-0.15, -0.1) is 0 Å². The van der Waals surface area contributed by atoms with E-state index in [0.29, 0.717) is 31.3 Å². The highest BCUT2D eigenvalue weighted by atomic mass is 16.8. The fourth-order valence-corrected chi connectivity index (χ4v) is 16.2. The molecule has 5 aliphatic carbocycles. The van der Waals surface area contributed by atoms with Crippen molar-refractivity contribution in [3.63, 3.8) is 0 Å². The summed E-state index contributed by atoms with van der Waals surface area (Å²) in [5.74, 6) is -4.48. The quantitative estimate of drug-likeness (QED) is 0.0415. The van der Waals surface area contributed by atoms with Crippen LogP contribution in [0, 0.1) is 50.2 Å². The van der Waals surface area contributed by atoms with Crippen LogP contribution in [0.4, 0.5) is 0 Å². The van der Waals surface area contributed by atoms with E-state index < -0.39 is 205 Å². The third-order valence-electron chi connectivity index (χ3n) is 21.5. The second-order valence-electron chi connectivity index (χ2n) is 25.9. The maximum absolute atomic E-state index is 13.9. The van der Waals surface area contributed by atoms with Gasteiger partial charge in [-0.1, -0.05) is 65.3 Å². The fraction of sp³-hybridized carbons (Fsp3) is 0.842. The van der Waals surface area contributed by atoms with E-state index in [1.54, 1.807) is 39.8 Å². The lowest BCUT2D eigenvalue weighted by Crippen LogP contribution is -2.76. The Morgan fingerprint density at radius 1 is 0.630 bits per heavy atom. The lowest BCUT2D eigenvalue weighted by Gasteiger charge is -2.73. The molecule has 7 fully saturated rings. The van der Waals surface area contributed by atoms with Crippen molar-refractivity contribution in [2.45, 2.75) is 224 Å². The number of carboxylic acids is 1. The number of rotatable bonds is 15. The number of carbonyl (C=O) groups is 3. The Hall–Kier alpha value is -3.09. The molecular formula is C57H88O24. The van der Waals surface area contributed by atoms with Gasteiger partial charge in [0.1, 0.15) is 67.1 Å². The third-order valence-corrected chi connectivity index (χ3v) is 21.5. The van der Waals surface area contributed by atoms with E-state index in [1.165, 1.54) is 0 Å². The standard InChI is InChI=1S/C57H88O24/c1-11-24(3)47(72)80-44-45(81-48(73)25(4)12-2)57(23-61)27(19-52(44,5)6)26-13-14-31-53(7)17-16-32(54(8,22-60)30(53)15-18-55(31,9)56(26,10)42(68)43(57)69)76-51-41(79-50-37(66)35(64)33(62)28(20-58)74-50)39(38(67)40(78-51)46(70)71)77-49-36(65)34(63)29(21-59)75-49/h11-13,27-45,49-51,58-69H,14-23H2,1-10H3,(H,70,71)/b24-11-,25-12-/t27-,28+,29-,30+,31+,32-,33+,34-,35-,36+,37+,38-,39-,40-,41+,42-,43+,44-,45-,49-,50-,51+,53-,54+,55+,56-,57-/m0/s1. The van der Waals surface area contributed by atoms with Crippen molar-refractivity contribution in [1.82, 2.24) is 0 Å². The Kier molecular flexibility index (Phi) is 18.4. The number of fused-ring (bicyclic) bond motifs is 7. The zero-order valence-electron chi connectivity index (χ0n) is 47.8. The minimum absolute atomic E-state index is 0.165. The fourth-order valence-electron chi connectivity index (χ4n) is 16.2. The smallest absolute Gasteiger partial charge is 0.335 e. The molecule has 0 amide bonds. The van der Waals surface area contributed by atoms with Crippen molar-refractivity contribution >= 4 is 17.9 Å². The molecule has 0 unspecified atom stereocenters. The van der Waals surface area contributed by atoms with E-state index >= 15 is 0 Å². The van der Waals surface area contributed by atoms with Gasteiger partial charge >= 0.3 is 17.9 Å². The average Bonchev–Trinajstić information content (AvgIpc) is 3.75. The van der Waals surface area contributed by atoms with Crippen LogP contribution in [0.2, 0.25) is 0 Å². The van der Waals surface area contributed by atoms with Gasteiger partial charge in [-0.25, -0.2) is 14.4 Å². The van der Waals surface area contributed by atoms with Crippen LogP contribution in [-0.4, -0.2) is 227 Å². The van der Waals surface area contributed by atoms with Gasteiger partial charge < -0.3 is 104 Å². The molecule has 8 aliphatic rings. The Morgan fingerprint density at radius 3 is 1.70 bits per heavy atom. The molecule has 13 N–H and O–H groups in total. The first-order valence-electron chi connectivity index (χ1n) is 28.3. The summed E-state index contributed by atoms with van der Waals surface area (Å²) >= 11 is 0. The molecule has 3 saturated heterocycles. The number of allylic oxidation sites excluding steroid dienone is 3. The average molecular weight is 1160 g/mol. The molecule has 0 radical (unpaired) electrons. The molecule has 0 spiro atoms. The monoisotopic (exact) mass is 1160 g/mol. The number of aliphatic hydroxyl groups is 12. The summed E-state index contributed by atoms with van der Waals surface area (Å²) in [4.78, 5) is 40.4. The van der Waals surface area contributed by atoms with Crippen LogP contribution in [0.15, 0.2) is 34.9 Å². The van der Waals surface area contributed by atoms with Gasteiger partial charge in [0.05, 0.1) is 50.2 Å². The van der Waals surface area contributed by atoms with Crippen LogP contribution in [0.3, 0.4) is 0 Å². The number of carboxylic acid groups (broad SMARTS) is 1. The molecule has 24 nitrogen and oxygen atoms in total. The molecule has 8 rings (SSSR count). The van der Waals surface area contributed by atoms with Gasteiger partial charge in [0.2, 0.25) is 0 Å². The lowest BCUT2D eigenvalue weighted by molar-refractivity contribution is -0.387. The minimum atomic E-state index is -2.18. The molecule has 27 atom stereocenters. The van der Waals surface area contributed by atoms with Crippen molar-refractivity contribution in [2.24, 2.45) is 50.2 Å². The van der Waals surface area contributed by atoms with Crippen LogP contribution in [0.5, 0.6) is 0 Å². The molecule has 0 aromatic heterocycles. The van der Waals surface area contributed by atoms with Gasteiger partial charge in [0.15, 0.2) is 31.1 Å². The summed E-state index contributed by atoms with van der Waals surface area (Å²) in [6.45, 7) is 15.3. The van der Waals surface area contributed by atoms with E-state index in [1.807, 2.05) is 27.7 Å². The van der Waals surface area contributed by atoms with E-state index in [2.05, 4.69) is 19.9 Å². The van der Waals surface area contributed by atoms with Gasteiger partial charge in [0.25, 0.3) is 0 Å². The second kappa shape index (κ2) is 23.3. The number of aliphatic hydroxyl groups excluding tert-OH is 12. The Morgan fingerprint density at radius 2 is 1.17 bits per heavy atom. The summed E-state index contributed by atoms with van der Waals surface area (Å²) in [5.41, 5.74) is -5.25. The third kappa shape index (κ3) is 9.98. The maximum atomic E-state index is 13.9. The van der Waals surface area contributed by atoms with Gasteiger partial charge in [-0.2, -0.15) is 0 Å². The van der Waals surface area contributed by atoms with E-state index in [0.717, 1.165) is 5.57 Å². The van der Waals surface area contributed by atoms with Crippen LogP contribution in [0.1, 0.15) is 108 Å². The summed E-state index contributed by atoms with van der Waals surface area (Å²) < 4.78 is 48.8. The van der Waals surface area contributed by atoms with Crippen molar-refractivity contribution in [3.05, 3.63) is 34.9 Å². The zero-order valence-corrected chi connectivity index (χ0v) is 47.8. The molecule has 81 heavy (non-hydrogen) atoms. The summed E-state index contributed by atoms with van der Waals surface area (Å²) in [6.07, 6.45) is -25.7. The first-order valence-corrected chi connectivity index (χ1v) is 28.3. The van der Waals surface area contributed by atoms with Gasteiger partial charge in [-0.3, -0.25) is 0 Å². The number of hydrogen-bond acceptors (Lipinski definition) is 23.